The van der Waals surface area contributed by atoms with E-state index in [1.54, 1.807) is 4.68 Å². The van der Waals surface area contributed by atoms with E-state index >= 15 is 0 Å². The van der Waals surface area contributed by atoms with E-state index < -0.39 is 0 Å². The molecule has 5 heteroatoms. The molecule has 134 valence electrons. The summed E-state index contributed by atoms with van der Waals surface area (Å²) < 4.78 is 1.75. The van der Waals surface area contributed by atoms with Gasteiger partial charge in [0.05, 0.1) is 5.52 Å². The highest BCUT2D eigenvalue weighted by Gasteiger charge is 2.16. The summed E-state index contributed by atoms with van der Waals surface area (Å²) >= 11 is 0. The Morgan fingerprint density at radius 3 is 2.73 bits per heavy atom. The molecule has 1 saturated heterocycles. The van der Waals surface area contributed by atoms with Crippen molar-refractivity contribution < 1.29 is 4.79 Å². The Balaban J connectivity index is 1.51. The molecule has 1 amide bonds. The summed E-state index contributed by atoms with van der Waals surface area (Å²) in [4.78, 5) is 15.2. The van der Waals surface area contributed by atoms with Gasteiger partial charge >= 0.3 is 0 Å². The van der Waals surface area contributed by atoms with E-state index in [9.17, 15) is 4.79 Å². The van der Waals surface area contributed by atoms with Gasteiger partial charge in [0.1, 0.15) is 0 Å². The first-order valence-corrected chi connectivity index (χ1v) is 9.25. The van der Waals surface area contributed by atoms with Crippen LogP contribution in [0.1, 0.15) is 35.3 Å². The van der Waals surface area contributed by atoms with Crippen LogP contribution in [0.3, 0.4) is 0 Å². The minimum absolute atomic E-state index is 0.170. The van der Waals surface area contributed by atoms with Crippen LogP contribution in [0.2, 0.25) is 0 Å². The highest BCUT2D eigenvalue weighted by Crippen LogP contribution is 2.20. The number of aromatic nitrogens is 2. The number of piperidine rings is 1. The van der Waals surface area contributed by atoms with Crippen molar-refractivity contribution >= 4 is 22.5 Å². The molecule has 5 nitrogen and oxygen atoms in total. The highest BCUT2D eigenvalue weighted by atomic mass is 16.2. The van der Waals surface area contributed by atoms with Crippen LogP contribution in [-0.4, -0.2) is 33.7 Å². The van der Waals surface area contributed by atoms with Crippen LogP contribution in [-0.2, 0) is 13.6 Å². The smallest absolute Gasteiger partial charge is 0.276 e. The lowest BCUT2D eigenvalue weighted by Gasteiger charge is -2.26. The van der Waals surface area contributed by atoms with Gasteiger partial charge in [-0.3, -0.25) is 14.4 Å². The maximum absolute atomic E-state index is 12.7. The maximum Gasteiger partial charge on any atom is 0.276 e. The number of benzene rings is 2. The zero-order chi connectivity index (χ0) is 17.9. The van der Waals surface area contributed by atoms with Crippen LogP contribution in [0.5, 0.6) is 0 Å². The molecule has 2 aromatic carbocycles. The Morgan fingerprint density at radius 2 is 1.88 bits per heavy atom. The van der Waals surface area contributed by atoms with Crippen LogP contribution in [0, 0.1) is 0 Å². The fourth-order valence-electron chi connectivity index (χ4n) is 3.69. The number of rotatable bonds is 4. The van der Waals surface area contributed by atoms with Crippen molar-refractivity contribution in [2.45, 2.75) is 25.8 Å². The molecule has 0 spiro atoms. The van der Waals surface area contributed by atoms with Gasteiger partial charge in [0.25, 0.3) is 5.91 Å². The molecule has 1 N–H and O–H groups in total. The Kier molecular flexibility index (Phi) is 4.71. The highest BCUT2D eigenvalue weighted by molar-refractivity contribution is 6.11. The van der Waals surface area contributed by atoms with Gasteiger partial charge in [-0.1, -0.05) is 36.8 Å². The summed E-state index contributed by atoms with van der Waals surface area (Å²) in [6.07, 6.45) is 3.90. The number of nitrogens with zero attached hydrogens (tertiary/aromatic N) is 3. The number of hydrogen-bond acceptors (Lipinski definition) is 3. The standard InChI is InChI=1S/C21H24N4O/c1-24-19-11-4-3-10-18(19)20(23-24)21(26)22-17-9-7-8-16(14-17)15-25-12-5-2-6-13-25/h3-4,7-11,14H,2,5-6,12-13,15H2,1H3,(H,22,26). The topological polar surface area (TPSA) is 50.2 Å². The third-order valence-electron chi connectivity index (χ3n) is 5.01. The number of fused-ring (bicyclic) bond motifs is 1. The van der Waals surface area contributed by atoms with Crippen molar-refractivity contribution in [3.8, 4) is 0 Å². The molecule has 4 rings (SSSR count). The van der Waals surface area contributed by atoms with Crippen LogP contribution in [0.25, 0.3) is 10.9 Å². The maximum atomic E-state index is 12.7. The average Bonchev–Trinajstić information content (AvgIpc) is 3.00. The van der Waals surface area contributed by atoms with E-state index in [0.29, 0.717) is 5.69 Å². The quantitative estimate of drug-likeness (QED) is 0.780. The molecular weight excluding hydrogens is 324 g/mol. The first kappa shape index (κ1) is 16.8. The molecule has 0 aliphatic carbocycles. The molecule has 1 aromatic heterocycles. The van der Waals surface area contributed by atoms with Crippen molar-refractivity contribution in [1.82, 2.24) is 14.7 Å². The zero-order valence-corrected chi connectivity index (χ0v) is 15.1. The minimum atomic E-state index is -0.170. The minimum Gasteiger partial charge on any atom is -0.321 e. The van der Waals surface area contributed by atoms with E-state index in [0.717, 1.165) is 36.2 Å². The second-order valence-corrected chi connectivity index (χ2v) is 6.98. The molecule has 0 bridgehead atoms. The summed E-state index contributed by atoms with van der Waals surface area (Å²) in [5.74, 6) is -0.170. The summed E-state index contributed by atoms with van der Waals surface area (Å²) in [6.45, 7) is 3.27. The molecule has 1 aliphatic rings. The lowest BCUT2D eigenvalue weighted by Crippen LogP contribution is -2.29. The Labute approximate surface area is 153 Å². The van der Waals surface area contributed by atoms with Crippen molar-refractivity contribution in [2.75, 3.05) is 18.4 Å². The SMILES string of the molecule is Cn1nc(C(=O)Nc2cccc(CN3CCCCC3)c2)c2ccccc21. The van der Waals surface area contributed by atoms with Crippen LogP contribution < -0.4 is 5.32 Å². The molecule has 2 heterocycles. The van der Waals surface area contributed by atoms with Crippen LogP contribution in [0.15, 0.2) is 48.5 Å². The zero-order valence-electron chi connectivity index (χ0n) is 15.1. The largest absolute Gasteiger partial charge is 0.321 e. The molecular formula is C21H24N4O. The predicted molar refractivity (Wildman–Crippen MR) is 104 cm³/mol. The van der Waals surface area contributed by atoms with Gasteiger partial charge in [-0.15, -0.1) is 0 Å². The van der Waals surface area contributed by atoms with Gasteiger partial charge in [-0.2, -0.15) is 5.10 Å². The van der Waals surface area contributed by atoms with Gasteiger partial charge in [0, 0.05) is 24.7 Å². The first-order chi connectivity index (χ1) is 12.7. The number of hydrogen-bond donors (Lipinski definition) is 1. The Bertz CT molecular complexity index is 925. The van der Waals surface area contributed by atoms with Gasteiger partial charge < -0.3 is 5.32 Å². The summed E-state index contributed by atoms with van der Waals surface area (Å²) in [5.41, 5.74) is 3.47. The third kappa shape index (κ3) is 3.48. The van der Waals surface area contributed by atoms with Gasteiger partial charge in [-0.25, -0.2) is 0 Å². The number of carbonyl (C=O) groups excluding carboxylic acids is 1. The number of carbonyl (C=O) groups is 1. The number of para-hydroxylation sites is 1. The molecule has 0 radical (unpaired) electrons. The van der Waals surface area contributed by atoms with Crippen molar-refractivity contribution in [3.63, 3.8) is 0 Å². The summed E-state index contributed by atoms with van der Waals surface area (Å²) in [5, 5.41) is 8.28. The third-order valence-corrected chi connectivity index (χ3v) is 5.01. The second-order valence-electron chi connectivity index (χ2n) is 6.98. The number of anilines is 1. The number of amides is 1. The lowest BCUT2D eigenvalue weighted by atomic mass is 10.1. The predicted octanol–water partition coefficient (Wildman–Crippen LogP) is 3.81. The number of likely N-dealkylation sites (tertiary alicyclic amines) is 1. The summed E-state index contributed by atoms with van der Waals surface area (Å²) in [6, 6.07) is 15.9. The van der Waals surface area contributed by atoms with E-state index in [2.05, 4.69) is 27.4 Å². The van der Waals surface area contributed by atoms with Crippen molar-refractivity contribution in [2.24, 2.45) is 7.05 Å². The molecule has 3 aromatic rings. The van der Waals surface area contributed by atoms with E-state index in [-0.39, 0.29) is 5.91 Å². The van der Waals surface area contributed by atoms with Crippen LogP contribution in [0.4, 0.5) is 5.69 Å². The van der Waals surface area contributed by atoms with Crippen molar-refractivity contribution in [1.29, 1.82) is 0 Å². The van der Waals surface area contributed by atoms with E-state index in [1.165, 1.54) is 24.8 Å². The summed E-state index contributed by atoms with van der Waals surface area (Å²) in [7, 11) is 1.86. The molecule has 0 saturated carbocycles. The Morgan fingerprint density at radius 1 is 1.08 bits per heavy atom. The van der Waals surface area contributed by atoms with Gasteiger partial charge in [0.2, 0.25) is 0 Å². The van der Waals surface area contributed by atoms with E-state index in [1.807, 2.05) is 43.4 Å². The normalized spacial score (nSPS) is 15.3. The molecule has 26 heavy (non-hydrogen) atoms. The Hall–Kier alpha value is -2.66. The number of aryl methyl sites for hydroxylation is 1. The fraction of sp³-hybridized carbons (Fsp3) is 0.333. The van der Waals surface area contributed by atoms with Crippen LogP contribution >= 0.6 is 0 Å². The second kappa shape index (κ2) is 7.30. The van der Waals surface area contributed by atoms with Crippen molar-refractivity contribution in [3.05, 3.63) is 59.8 Å². The molecule has 0 atom stereocenters. The lowest BCUT2D eigenvalue weighted by molar-refractivity contribution is 0.102. The van der Waals surface area contributed by atoms with E-state index in [4.69, 9.17) is 0 Å². The fourth-order valence-corrected chi connectivity index (χ4v) is 3.69. The van der Waals surface area contributed by atoms with Gasteiger partial charge in [0.15, 0.2) is 5.69 Å². The molecule has 1 fully saturated rings. The van der Waals surface area contributed by atoms with Gasteiger partial charge in [-0.05, 0) is 49.7 Å². The number of nitrogens with one attached hydrogen (secondary N) is 1. The monoisotopic (exact) mass is 348 g/mol. The average molecular weight is 348 g/mol. The molecule has 1 aliphatic heterocycles. The first-order valence-electron chi connectivity index (χ1n) is 9.25. The molecule has 0 unspecified atom stereocenters.